The first-order chi connectivity index (χ1) is 42.6. The Bertz CT molecular complexity index is 4770. The molecule has 0 radical (unpaired) electrons. The zero-order valence-corrected chi connectivity index (χ0v) is 46.4. The maximum atomic E-state index is 10.4. The monoisotopic (exact) mass is 1190 g/mol. The van der Waals surface area contributed by atoms with Crippen LogP contribution in [0.3, 0.4) is 0 Å². The predicted octanol–water partition coefficient (Wildman–Crippen LogP) is 18.9. The van der Waals surface area contributed by atoms with E-state index < -0.39 is 87.8 Å². The molecule has 0 fully saturated rings. The van der Waals surface area contributed by atoms with Gasteiger partial charge in [0.25, 0.3) is 0 Å². The van der Waals surface area contributed by atoms with Crippen LogP contribution in [0.25, 0.3) is 61.0 Å². The van der Waals surface area contributed by atoms with Crippen LogP contribution in [0.2, 0.25) is 0 Å². The normalized spacial score (nSPS) is 17.8. The summed E-state index contributed by atoms with van der Waals surface area (Å²) in [7, 11) is 0. The summed E-state index contributed by atoms with van der Waals surface area (Å²) in [5.41, 5.74) is 2.41. The Morgan fingerprint density at radius 3 is 1.96 bits per heavy atom. The standard InChI is InChI=1S/C70H65N4O.Pt/c1-67(2,3)50-34-37-71-65(42-50)74-61-27-15-14-26-55(61)56-32-31-54(44-64(56)74)75-53-25-19-24-52(43-53)72-45-73(63-29-17-16-28-62(63)72)66-57(48-23-18-22-47(38-48)46-20-12-11-13-21-46)40-51(68(4,5)6)41-58(66)49-30-33-59-60(39-49)70(9,10)36-35-69(59,7)8;/h11-34,37-42,45H,35-36H2,1-10H3;/q-3;/i11D,12D,13D,14D,15D,18D,20D,21D,22D,23D,26D,27D,30D,33D,38D,39D;. The summed E-state index contributed by atoms with van der Waals surface area (Å²) in [4.78, 5) is 8.37. The smallest absolute Gasteiger partial charge is 0.135 e. The largest absolute Gasteiger partial charge is 0.509 e. The Morgan fingerprint density at radius 1 is 0.579 bits per heavy atom. The quantitative estimate of drug-likeness (QED) is 0.142. The second-order valence-electron chi connectivity index (χ2n) is 22.8. The Balaban J connectivity index is 0.00000867. The topological polar surface area (TPSA) is 33.5 Å². The second kappa shape index (κ2) is 19.1. The van der Waals surface area contributed by atoms with E-state index in [1.54, 1.807) is 52.7 Å². The van der Waals surface area contributed by atoms with Crippen LogP contribution in [-0.4, -0.2) is 9.55 Å². The van der Waals surface area contributed by atoms with Crippen LogP contribution in [0.4, 0.5) is 22.7 Å². The number of aromatic nitrogens is 2. The molecule has 0 atom stereocenters. The summed E-state index contributed by atoms with van der Waals surface area (Å²) in [6.45, 7) is 22.0. The van der Waals surface area contributed by atoms with Crippen LogP contribution in [0.15, 0.2) is 182 Å². The molecule has 1 aliphatic carbocycles. The first kappa shape index (κ1) is 35.2. The molecule has 0 amide bonds. The molecule has 0 saturated carbocycles. The van der Waals surface area contributed by atoms with Crippen molar-refractivity contribution in [1.29, 1.82) is 0 Å². The van der Waals surface area contributed by atoms with Crippen LogP contribution in [0.5, 0.6) is 11.5 Å². The Labute approximate surface area is 487 Å². The van der Waals surface area contributed by atoms with E-state index in [0.29, 0.717) is 68.7 Å². The Morgan fingerprint density at radius 2 is 1.22 bits per heavy atom. The van der Waals surface area contributed by atoms with Gasteiger partial charge in [-0.25, -0.2) is 4.98 Å². The number of pyridine rings is 1. The van der Waals surface area contributed by atoms with Gasteiger partial charge >= 0.3 is 0 Å². The number of para-hydroxylation sites is 3. The third kappa shape index (κ3) is 9.15. The molecular weight excluding hydrogens is 1110 g/mol. The van der Waals surface area contributed by atoms with Crippen molar-refractivity contribution >= 4 is 44.6 Å². The maximum absolute atomic E-state index is 10.4. The second-order valence-corrected chi connectivity index (χ2v) is 22.8. The molecule has 0 spiro atoms. The Hall–Kier alpha value is -7.20. The summed E-state index contributed by atoms with van der Waals surface area (Å²) < 4.78 is 157. The molecule has 0 N–H and O–H groups in total. The molecule has 2 aromatic heterocycles. The fourth-order valence-electron chi connectivity index (χ4n) is 10.3. The van der Waals surface area contributed by atoms with E-state index in [0.717, 1.165) is 5.56 Å². The molecule has 0 unspecified atom stereocenters. The van der Waals surface area contributed by atoms with Gasteiger partial charge in [0, 0.05) is 72.5 Å². The van der Waals surface area contributed by atoms with Crippen molar-refractivity contribution in [2.24, 2.45) is 0 Å². The summed E-state index contributed by atoms with van der Waals surface area (Å²) in [5, 5.41) is 0.797. The number of benzene rings is 8. The molecular formula is C70H65N4OPt-3. The van der Waals surface area contributed by atoms with Gasteiger partial charge in [-0.3, -0.25) is 0 Å². The number of ether oxygens (including phenoxy) is 1. The first-order valence-electron chi connectivity index (χ1n) is 33.3. The minimum absolute atomic E-state index is 0. The Kier molecular flexibility index (Phi) is 8.85. The molecule has 1 aliphatic heterocycles. The van der Waals surface area contributed by atoms with E-state index >= 15 is 0 Å². The van der Waals surface area contributed by atoms with Gasteiger partial charge < -0.3 is 19.1 Å². The molecule has 2 aliphatic rings. The van der Waals surface area contributed by atoms with E-state index in [1.807, 2.05) is 102 Å². The van der Waals surface area contributed by atoms with E-state index in [2.05, 4.69) is 32.9 Å². The summed E-state index contributed by atoms with van der Waals surface area (Å²) >= 11 is 0. The van der Waals surface area contributed by atoms with E-state index in [1.165, 1.54) is 0 Å². The van der Waals surface area contributed by atoms with E-state index in [4.69, 9.17) is 22.1 Å². The summed E-state index contributed by atoms with van der Waals surface area (Å²) in [6, 6.07) is 22.9. The van der Waals surface area contributed by atoms with Crippen LogP contribution in [0, 0.1) is 18.8 Å². The van der Waals surface area contributed by atoms with Gasteiger partial charge in [-0.05, 0) is 133 Å². The van der Waals surface area contributed by atoms with Gasteiger partial charge in [0.1, 0.15) is 5.82 Å². The fraction of sp³-hybridized carbons (Fsp3) is 0.229. The molecule has 0 bridgehead atoms. The van der Waals surface area contributed by atoms with Crippen LogP contribution < -0.4 is 14.5 Å². The van der Waals surface area contributed by atoms with Crippen molar-refractivity contribution < 1.29 is 47.7 Å². The van der Waals surface area contributed by atoms with E-state index in [-0.39, 0.29) is 108 Å². The van der Waals surface area contributed by atoms with Gasteiger partial charge in [0.2, 0.25) is 0 Å². The minimum Gasteiger partial charge on any atom is -0.509 e. The van der Waals surface area contributed by atoms with Crippen molar-refractivity contribution in [3.05, 3.63) is 223 Å². The molecule has 10 aromatic rings. The zero-order valence-electron chi connectivity index (χ0n) is 60.1. The average molecular weight is 1190 g/mol. The number of hydrogen-bond donors (Lipinski definition) is 0. The van der Waals surface area contributed by atoms with Crippen molar-refractivity contribution in [2.75, 3.05) is 9.80 Å². The van der Waals surface area contributed by atoms with Gasteiger partial charge in [0.05, 0.1) is 21.9 Å². The maximum Gasteiger partial charge on any atom is 0.135 e. The molecule has 12 rings (SSSR count). The molecule has 8 aromatic carbocycles. The summed E-state index contributed by atoms with van der Waals surface area (Å²) in [5.74, 6) is 0.887. The van der Waals surface area contributed by atoms with Crippen molar-refractivity contribution in [3.8, 4) is 50.7 Å². The van der Waals surface area contributed by atoms with Crippen molar-refractivity contribution in [2.45, 2.75) is 104 Å². The molecule has 384 valence electrons. The molecule has 76 heavy (non-hydrogen) atoms. The molecule has 3 heterocycles. The predicted molar refractivity (Wildman–Crippen MR) is 313 cm³/mol. The molecule has 6 heteroatoms. The van der Waals surface area contributed by atoms with Crippen LogP contribution in [0.1, 0.15) is 126 Å². The van der Waals surface area contributed by atoms with Gasteiger partial charge in [0.15, 0.2) is 0 Å². The zero-order chi connectivity index (χ0) is 65.9. The fourth-order valence-corrected chi connectivity index (χ4v) is 10.3. The number of nitrogens with zero attached hydrogens (tertiary/aromatic N) is 4. The van der Waals surface area contributed by atoms with Crippen molar-refractivity contribution in [3.63, 3.8) is 0 Å². The minimum atomic E-state index is -0.724. The third-order valence-electron chi connectivity index (χ3n) is 14.7. The van der Waals surface area contributed by atoms with Gasteiger partial charge in [-0.1, -0.05) is 171 Å². The molecule has 0 saturated heterocycles. The number of anilines is 4. The summed E-state index contributed by atoms with van der Waals surface area (Å²) in [6.07, 6.45) is 3.08. The van der Waals surface area contributed by atoms with Crippen LogP contribution >= 0.6 is 0 Å². The van der Waals surface area contributed by atoms with Gasteiger partial charge in [-0.2, -0.15) is 12.1 Å². The van der Waals surface area contributed by atoms with Crippen molar-refractivity contribution in [1.82, 2.24) is 9.55 Å². The first-order valence-corrected chi connectivity index (χ1v) is 25.3. The SMILES string of the molecule is [2H]c1c([2H])c([2H])c(-c2c([2H])c([2H])c([2H])c(-c3cc(C(C)(C)C)cc(-c4c([2H])c([2H])c5c(c4[2H])C(C)(C)CCC5(C)C)c3N3[CH-]N(c4[c-]c(Oc5[c-]c6c(cc5)c5c([2H])c([2H])c([2H])c([2H])c5n6-c5cc(C(C)(C)C)ccn5)ccc4)c4ccccc43)c2[2H])c([2H])c1[2H].[Pt]. The average Bonchev–Trinajstić information content (AvgIpc) is 1.07. The number of fused-ring (bicyclic) bond motifs is 5. The molecule has 5 nitrogen and oxygen atoms in total. The number of rotatable bonds is 8. The third-order valence-corrected chi connectivity index (χ3v) is 14.7. The van der Waals surface area contributed by atoms with Gasteiger partial charge in [-0.15, -0.1) is 48.1 Å². The van der Waals surface area contributed by atoms with Crippen LogP contribution in [-0.2, 0) is 42.7 Å². The number of hydrogen-bond acceptors (Lipinski definition) is 4. The van der Waals surface area contributed by atoms with E-state index in [9.17, 15) is 9.60 Å².